The zero-order valence-electron chi connectivity index (χ0n) is 10.8. The molecule has 0 aromatic heterocycles. The summed E-state index contributed by atoms with van der Waals surface area (Å²) in [7, 11) is 1.71. The summed E-state index contributed by atoms with van der Waals surface area (Å²) in [6.45, 7) is 0.351. The van der Waals surface area contributed by atoms with Gasteiger partial charge in [-0.3, -0.25) is 10.1 Å². The molecule has 0 heterocycles. The molecule has 2 aromatic rings. The molecule has 20 heavy (non-hydrogen) atoms. The Morgan fingerprint density at radius 2 is 2.10 bits per heavy atom. The van der Waals surface area contributed by atoms with Crippen LogP contribution in [0.1, 0.15) is 5.56 Å². The smallest absolute Gasteiger partial charge is 0.275 e. The summed E-state index contributed by atoms with van der Waals surface area (Å²) < 4.78 is 6.58. The Hall–Kier alpha value is -2.08. The standard InChI is InChI=1S/C14H13BrN2O3/c1-16-12-6-13(17(18)19)8-14(7-12)20-9-10-3-2-4-11(15)5-10/h2-8,16H,9H2,1H3. The fourth-order valence-electron chi connectivity index (χ4n) is 1.71. The molecular weight excluding hydrogens is 324 g/mol. The Bertz CT molecular complexity index is 632. The Morgan fingerprint density at radius 1 is 1.30 bits per heavy atom. The van der Waals surface area contributed by atoms with E-state index in [2.05, 4.69) is 21.2 Å². The fraction of sp³-hybridized carbons (Fsp3) is 0.143. The van der Waals surface area contributed by atoms with Gasteiger partial charge in [-0.05, 0) is 17.7 Å². The Morgan fingerprint density at radius 3 is 2.75 bits per heavy atom. The number of anilines is 1. The summed E-state index contributed by atoms with van der Waals surface area (Å²) in [5, 5.41) is 13.7. The van der Waals surface area contributed by atoms with Gasteiger partial charge in [0.05, 0.1) is 11.0 Å². The highest BCUT2D eigenvalue weighted by Gasteiger charge is 2.10. The molecule has 0 saturated carbocycles. The number of nitro benzene ring substituents is 1. The van der Waals surface area contributed by atoms with Crippen LogP contribution >= 0.6 is 15.9 Å². The van der Waals surface area contributed by atoms with Gasteiger partial charge in [-0.2, -0.15) is 0 Å². The number of rotatable bonds is 5. The highest BCUT2D eigenvalue weighted by Crippen LogP contribution is 2.26. The molecule has 5 nitrogen and oxygen atoms in total. The first-order chi connectivity index (χ1) is 9.58. The van der Waals surface area contributed by atoms with Crippen LogP contribution in [0.2, 0.25) is 0 Å². The quantitative estimate of drug-likeness (QED) is 0.662. The predicted octanol–water partition coefficient (Wildman–Crippen LogP) is 3.98. The molecule has 1 N–H and O–H groups in total. The Labute approximate surface area is 124 Å². The summed E-state index contributed by atoms with van der Waals surface area (Å²) in [6.07, 6.45) is 0. The number of non-ortho nitro benzene ring substituents is 1. The van der Waals surface area contributed by atoms with Crippen molar-refractivity contribution >= 4 is 27.3 Å². The summed E-state index contributed by atoms with van der Waals surface area (Å²) >= 11 is 3.39. The van der Waals surface area contributed by atoms with Crippen molar-refractivity contribution in [3.63, 3.8) is 0 Å². The third-order valence-electron chi connectivity index (χ3n) is 2.69. The first-order valence-corrected chi connectivity index (χ1v) is 6.72. The van der Waals surface area contributed by atoms with Crippen molar-refractivity contribution < 1.29 is 9.66 Å². The molecule has 0 atom stereocenters. The molecule has 0 aliphatic carbocycles. The van der Waals surface area contributed by atoms with Crippen molar-refractivity contribution in [2.75, 3.05) is 12.4 Å². The lowest BCUT2D eigenvalue weighted by Gasteiger charge is -2.08. The lowest BCUT2D eigenvalue weighted by molar-refractivity contribution is -0.384. The minimum Gasteiger partial charge on any atom is -0.489 e. The minimum absolute atomic E-state index is 0.00101. The second kappa shape index (κ2) is 6.38. The van der Waals surface area contributed by atoms with E-state index in [4.69, 9.17) is 4.74 Å². The first kappa shape index (κ1) is 14.3. The van der Waals surface area contributed by atoms with Crippen LogP contribution in [-0.2, 0) is 6.61 Å². The number of hydrogen-bond donors (Lipinski definition) is 1. The fourth-order valence-corrected chi connectivity index (χ4v) is 2.16. The number of nitrogens with zero attached hydrogens (tertiary/aromatic N) is 1. The monoisotopic (exact) mass is 336 g/mol. The van der Waals surface area contributed by atoms with Gasteiger partial charge in [-0.15, -0.1) is 0 Å². The first-order valence-electron chi connectivity index (χ1n) is 5.93. The second-order valence-corrected chi connectivity index (χ2v) is 5.06. The van der Waals surface area contributed by atoms with E-state index in [0.717, 1.165) is 10.0 Å². The highest BCUT2D eigenvalue weighted by molar-refractivity contribution is 9.10. The average molecular weight is 337 g/mol. The van der Waals surface area contributed by atoms with Crippen LogP contribution in [0, 0.1) is 10.1 Å². The van der Waals surface area contributed by atoms with E-state index in [1.807, 2.05) is 24.3 Å². The molecule has 0 spiro atoms. The Balaban J connectivity index is 2.16. The van der Waals surface area contributed by atoms with E-state index in [0.29, 0.717) is 18.0 Å². The number of nitro groups is 1. The van der Waals surface area contributed by atoms with Crippen LogP contribution in [0.25, 0.3) is 0 Å². The van der Waals surface area contributed by atoms with E-state index >= 15 is 0 Å². The molecule has 2 rings (SSSR count). The molecule has 0 aliphatic heterocycles. The van der Waals surface area contributed by atoms with Crippen molar-refractivity contribution in [2.24, 2.45) is 0 Å². The summed E-state index contributed by atoms with van der Waals surface area (Å²) in [5.41, 5.74) is 1.63. The maximum absolute atomic E-state index is 10.9. The number of ether oxygens (including phenoxy) is 1. The maximum atomic E-state index is 10.9. The van der Waals surface area contributed by atoms with Crippen LogP contribution in [-0.4, -0.2) is 12.0 Å². The zero-order valence-corrected chi connectivity index (χ0v) is 12.4. The number of benzene rings is 2. The van der Waals surface area contributed by atoms with Crippen LogP contribution in [0.3, 0.4) is 0 Å². The van der Waals surface area contributed by atoms with E-state index in [1.165, 1.54) is 12.1 Å². The van der Waals surface area contributed by atoms with Crippen molar-refractivity contribution in [1.29, 1.82) is 0 Å². The molecule has 0 fully saturated rings. The largest absolute Gasteiger partial charge is 0.489 e. The van der Waals surface area contributed by atoms with Gasteiger partial charge >= 0.3 is 0 Å². The Kier molecular flexibility index (Phi) is 4.57. The van der Waals surface area contributed by atoms with Crippen LogP contribution < -0.4 is 10.1 Å². The summed E-state index contributed by atoms with van der Waals surface area (Å²) in [4.78, 5) is 10.4. The van der Waals surface area contributed by atoms with Gasteiger partial charge in [0.25, 0.3) is 5.69 Å². The zero-order chi connectivity index (χ0) is 14.5. The molecule has 0 amide bonds. The number of halogens is 1. The molecule has 104 valence electrons. The van der Waals surface area contributed by atoms with Crippen molar-refractivity contribution in [1.82, 2.24) is 0 Å². The normalized spacial score (nSPS) is 10.1. The van der Waals surface area contributed by atoms with E-state index in [-0.39, 0.29) is 5.69 Å². The third-order valence-corrected chi connectivity index (χ3v) is 3.18. The SMILES string of the molecule is CNc1cc(OCc2cccc(Br)c2)cc([N+](=O)[O-])c1. The molecule has 0 aliphatic rings. The van der Waals surface area contributed by atoms with Gasteiger partial charge in [0.1, 0.15) is 12.4 Å². The number of hydrogen-bond acceptors (Lipinski definition) is 4. The van der Waals surface area contributed by atoms with Crippen molar-refractivity contribution in [3.8, 4) is 5.75 Å². The topological polar surface area (TPSA) is 64.4 Å². The predicted molar refractivity (Wildman–Crippen MR) is 81.1 cm³/mol. The lowest BCUT2D eigenvalue weighted by Crippen LogP contribution is -1.98. The van der Waals surface area contributed by atoms with Gasteiger partial charge in [-0.1, -0.05) is 28.1 Å². The van der Waals surface area contributed by atoms with Gasteiger partial charge in [-0.25, -0.2) is 0 Å². The van der Waals surface area contributed by atoms with Crippen molar-refractivity contribution in [2.45, 2.75) is 6.61 Å². The lowest BCUT2D eigenvalue weighted by atomic mass is 10.2. The van der Waals surface area contributed by atoms with Gasteiger partial charge in [0.15, 0.2) is 0 Å². The molecular formula is C14H13BrN2O3. The molecule has 6 heteroatoms. The molecule has 0 bridgehead atoms. The van der Waals surface area contributed by atoms with Gasteiger partial charge in [0, 0.05) is 29.3 Å². The molecule has 2 aromatic carbocycles. The van der Waals surface area contributed by atoms with E-state index in [1.54, 1.807) is 13.1 Å². The minimum atomic E-state index is -0.438. The van der Waals surface area contributed by atoms with Crippen LogP contribution in [0.4, 0.5) is 11.4 Å². The van der Waals surface area contributed by atoms with Crippen LogP contribution in [0.15, 0.2) is 46.9 Å². The summed E-state index contributed by atoms with van der Waals surface area (Å²) in [5.74, 6) is 0.462. The average Bonchev–Trinajstić information content (AvgIpc) is 2.45. The van der Waals surface area contributed by atoms with Gasteiger partial charge < -0.3 is 10.1 Å². The highest BCUT2D eigenvalue weighted by atomic mass is 79.9. The van der Waals surface area contributed by atoms with Crippen molar-refractivity contribution in [3.05, 3.63) is 62.6 Å². The van der Waals surface area contributed by atoms with Gasteiger partial charge in [0.2, 0.25) is 0 Å². The maximum Gasteiger partial charge on any atom is 0.275 e. The van der Waals surface area contributed by atoms with Crippen LogP contribution in [0.5, 0.6) is 5.75 Å². The van der Waals surface area contributed by atoms with E-state index < -0.39 is 4.92 Å². The molecule has 0 unspecified atom stereocenters. The second-order valence-electron chi connectivity index (χ2n) is 4.14. The van der Waals surface area contributed by atoms with E-state index in [9.17, 15) is 10.1 Å². The summed E-state index contributed by atoms with van der Waals surface area (Å²) in [6, 6.07) is 12.3. The molecule has 0 saturated heterocycles. The molecule has 0 radical (unpaired) electrons. The number of nitrogens with one attached hydrogen (secondary N) is 1. The third kappa shape index (κ3) is 3.71.